The number of aryl methyl sites for hydroxylation is 1. The van der Waals surface area contributed by atoms with Crippen LogP contribution in [0.4, 0.5) is 0 Å². The van der Waals surface area contributed by atoms with Crippen LogP contribution >= 0.6 is 0 Å². The number of hydrogen-bond acceptors (Lipinski definition) is 3. The summed E-state index contributed by atoms with van der Waals surface area (Å²) in [4.78, 5) is 28.5. The minimum absolute atomic E-state index is 0.0787. The molecule has 5 nitrogen and oxygen atoms in total. The highest BCUT2D eigenvalue weighted by atomic mass is 16.5. The summed E-state index contributed by atoms with van der Waals surface area (Å²) in [5.41, 5.74) is 2.32. The number of rotatable bonds is 3. The fraction of sp³-hybridized carbons (Fsp3) is 0.556. The Hall–Kier alpha value is -1.88. The molecule has 124 valence electrons. The Morgan fingerprint density at radius 3 is 2.78 bits per heavy atom. The summed E-state index contributed by atoms with van der Waals surface area (Å²) in [5.74, 6) is -0.0173. The maximum Gasteiger partial charge on any atom is 0.228 e. The fourth-order valence-corrected chi connectivity index (χ4v) is 3.23. The van der Waals surface area contributed by atoms with Crippen LogP contribution in [0.2, 0.25) is 0 Å². The standard InChI is InChI=1S/C18H24N2O3/c1-14-3-5-15(6-4-14)12-20-13-16(11-17(20)21)18(22)19-7-2-9-23-10-8-19/h3-6,16H,2,7-13H2,1H3. The van der Waals surface area contributed by atoms with E-state index in [4.69, 9.17) is 4.74 Å². The second-order valence-electron chi connectivity index (χ2n) is 6.45. The van der Waals surface area contributed by atoms with Crippen molar-refractivity contribution in [1.29, 1.82) is 0 Å². The number of amides is 2. The summed E-state index contributed by atoms with van der Waals surface area (Å²) in [5, 5.41) is 0. The first-order valence-electron chi connectivity index (χ1n) is 8.33. The van der Waals surface area contributed by atoms with Crippen LogP contribution in [0.3, 0.4) is 0 Å². The number of carbonyl (C=O) groups is 2. The minimum atomic E-state index is -0.203. The zero-order chi connectivity index (χ0) is 16.2. The van der Waals surface area contributed by atoms with Gasteiger partial charge in [0, 0.05) is 39.2 Å². The first-order chi connectivity index (χ1) is 11.1. The largest absolute Gasteiger partial charge is 0.380 e. The predicted molar refractivity (Wildman–Crippen MR) is 86.7 cm³/mol. The van der Waals surface area contributed by atoms with Gasteiger partial charge in [-0.25, -0.2) is 0 Å². The monoisotopic (exact) mass is 316 g/mol. The molecule has 2 fully saturated rings. The van der Waals surface area contributed by atoms with E-state index >= 15 is 0 Å². The average Bonchev–Trinajstić information content (AvgIpc) is 2.77. The molecule has 2 aliphatic rings. The van der Waals surface area contributed by atoms with Crippen molar-refractivity contribution in [1.82, 2.24) is 9.80 Å². The van der Waals surface area contributed by atoms with Crippen LogP contribution in [0.1, 0.15) is 24.0 Å². The molecule has 1 atom stereocenters. The highest BCUT2D eigenvalue weighted by Gasteiger charge is 2.36. The third kappa shape index (κ3) is 3.91. The molecule has 0 saturated carbocycles. The molecule has 0 N–H and O–H groups in total. The maximum absolute atomic E-state index is 12.6. The van der Waals surface area contributed by atoms with Crippen molar-refractivity contribution < 1.29 is 14.3 Å². The Kier molecular flexibility index (Phi) is 4.96. The van der Waals surface area contributed by atoms with Crippen LogP contribution in [0.5, 0.6) is 0 Å². The first-order valence-corrected chi connectivity index (χ1v) is 8.33. The third-order valence-corrected chi connectivity index (χ3v) is 4.59. The lowest BCUT2D eigenvalue weighted by Gasteiger charge is -2.23. The van der Waals surface area contributed by atoms with E-state index in [1.54, 1.807) is 0 Å². The van der Waals surface area contributed by atoms with E-state index in [1.165, 1.54) is 5.56 Å². The zero-order valence-corrected chi connectivity index (χ0v) is 13.7. The average molecular weight is 316 g/mol. The van der Waals surface area contributed by atoms with Gasteiger partial charge in [0.15, 0.2) is 0 Å². The molecule has 1 aromatic carbocycles. The lowest BCUT2D eigenvalue weighted by molar-refractivity contribution is -0.135. The topological polar surface area (TPSA) is 49.9 Å². The van der Waals surface area contributed by atoms with Crippen LogP contribution in [0.15, 0.2) is 24.3 Å². The molecule has 2 aliphatic heterocycles. The molecule has 0 spiro atoms. The van der Waals surface area contributed by atoms with Gasteiger partial charge < -0.3 is 14.5 Å². The van der Waals surface area contributed by atoms with Crippen molar-refractivity contribution in [2.45, 2.75) is 26.3 Å². The van der Waals surface area contributed by atoms with E-state index in [0.29, 0.717) is 39.3 Å². The van der Waals surface area contributed by atoms with Crippen LogP contribution in [0, 0.1) is 12.8 Å². The van der Waals surface area contributed by atoms with Gasteiger partial charge in [-0.3, -0.25) is 9.59 Å². The van der Waals surface area contributed by atoms with Gasteiger partial charge in [0.25, 0.3) is 0 Å². The molecular formula is C18H24N2O3. The van der Waals surface area contributed by atoms with E-state index < -0.39 is 0 Å². The summed E-state index contributed by atoms with van der Waals surface area (Å²) in [7, 11) is 0. The van der Waals surface area contributed by atoms with Gasteiger partial charge in [-0.2, -0.15) is 0 Å². The Morgan fingerprint density at radius 1 is 1.22 bits per heavy atom. The quantitative estimate of drug-likeness (QED) is 0.851. The molecule has 2 saturated heterocycles. The van der Waals surface area contributed by atoms with Crippen LogP contribution in [-0.2, 0) is 20.9 Å². The number of hydrogen-bond donors (Lipinski definition) is 0. The Bertz CT molecular complexity index is 562. The van der Waals surface area contributed by atoms with Crippen molar-refractivity contribution >= 4 is 11.8 Å². The van der Waals surface area contributed by atoms with E-state index in [0.717, 1.165) is 18.5 Å². The predicted octanol–water partition coefficient (Wildman–Crippen LogP) is 1.59. The lowest BCUT2D eigenvalue weighted by atomic mass is 10.1. The number of nitrogens with zero attached hydrogens (tertiary/aromatic N) is 2. The van der Waals surface area contributed by atoms with Gasteiger partial charge in [-0.05, 0) is 18.9 Å². The molecule has 0 radical (unpaired) electrons. The minimum Gasteiger partial charge on any atom is -0.380 e. The van der Waals surface area contributed by atoms with Gasteiger partial charge >= 0.3 is 0 Å². The van der Waals surface area contributed by atoms with Crippen molar-refractivity contribution in [2.24, 2.45) is 5.92 Å². The molecule has 0 aliphatic carbocycles. The molecule has 0 aromatic heterocycles. The Morgan fingerprint density at radius 2 is 2.00 bits per heavy atom. The number of ether oxygens (including phenoxy) is 1. The maximum atomic E-state index is 12.6. The molecular weight excluding hydrogens is 292 g/mol. The lowest BCUT2D eigenvalue weighted by Crippen LogP contribution is -2.38. The second-order valence-corrected chi connectivity index (χ2v) is 6.45. The van der Waals surface area contributed by atoms with E-state index in [9.17, 15) is 9.59 Å². The SMILES string of the molecule is Cc1ccc(CN2CC(C(=O)N3CCCOCC3)CC2=O)cc1. The first kappa shape index (κ1) is 16.0. The van der Waals surface area contributed by atoms with Crippen molar-refractivity contribution in [2.75, 3.05) is 32.8 Å². The zero-order valence-electron chi connectivity index (χ0n) is 13.7. The van der Waals surface area contributed by atoms with Crippen molar-refractivity contribution in [3.05, 3.63) is 35.4 Å². The van der Waals surface area contributed by atoms with Crippen LogP contribution < -0.4 is 0 Å². The highest BCUT2D eigenvalue weighted by Crippen LogP contribution is 2.23. The summed E-state index contributed by atoms with van der Waals surface area (Å²) in [6, 6.07) is 8.19. The molecule has 23 heavy (non-hydrogen) atoms. The molecule has 1 unspecified atom stereocenters. The number of benzene rings is 1. The third-order valence-electron chi connectivity index (χ3n) is 4.59. The van der Waals surface area contributed by atoms with Gasteiger partial charge in [-0.1, -0.05) is 29.8 Å². The summed E-state index contributed by atoms with van der Waals surface area (Å²) in [6.45, 7) is 5.86. The Labute approximate surface area is 137 Å². The summed E-state index contributed by atoms with van der Waals surface area (Å²) < 4.78 is 5.40. The summed E-state index contributed by atoms with van der Waals surface area (Å²) >= 11 is 0. The highest BCUT2D eigenvalue weighted by molar-refractivity contribution is 5.89. The van der Waals surface area contributed by atoms with Crippen molar-refractivity contribution in [3.8, 4) is 0 Å². The molecule has 2 heterocycles. The van der Waals surface area contributed by atoms with E-state index in [-0.39, 0.29) is 17.7 Å². The van der Waals surface area contributed by atoms with Gasteiger partial charge in [-0.15, -0.1) is 0 Å². The molecule has 1 aromatic rings. The normalized spacial score (nSPS) is 22.3. The van der Waals surface area contributed by atoms with Gasteiger partial charge in [0.05, 0.1) is 12.5 Å². The molecule has 2 amide bonds. The van der Waals surface area contributed by atoms with Gasteiger partial charge in [0.2, 0.25) is 11.8 Å². The van der Waals surface area contributed by atoms with E-state index in [2.05, 4.69) is 12.1 Å². The van der Waals surface area contributed by atoms with Crippen molar-refractivity contribution in [3.63, 3.8) is 0 Å². The molecule has 3 rings (SSSR count). The second kappa shape index (κ2) is 7.13. The fourth-order valence-electron chi connectivity index (χ4n) is 3.23. The molecule has 0 bridgehead atoms. The number of likely N-dealkylation sites (tertiary alicyclic amines) is 1. The van der Waals surface area contributed by atoms with Gasteiger partial charge in [0.1, 0.15) is 0 Å². The smallest absolute Gasteiger partial charge is 0.228 e. The van der Waals surface area contributed by atoms with Crippen LogP contribution in [0.25, 0.3) is 0 Å². The van der Waals surface area contributed by atoms with E-state index in [1.807, 2.05) is 28.9 Å². The Balaban J connectivity index is 1.60. The number of carbonyl (C=O) groups excluding carboxylic acids is 2. The van der Waals surface area contributed by atoms with Crippen LogP contribution in [-0.4, -0.2) is 54.5 Å². The molecule has 5 heteroatoms. The summed E-state index contributed by atoms with van der Waals surface area (Å²) in [6.07, 6.45) is 1.21.